The van der Waals surface area contributed by atoms with Gasteiger partial charge in [0.25, 0.3) is 5.69 Å². The summed E-state index contributed by atoms with van der Waals surface area (Å²) in [5.41, 5.74) is 2.95. The van der Waals surface area contributed by atoms with Crippen LogP contribution in [0.15, 0.2) is 47.8 Å². The van der Waals surface area contributed by atoms with Gasteiger partial charge in [0.15, 0.2) is 0 Å². The lowest BCUT2D eigenvalue weighted by Gasteiger charge is -2.19. The van der Waals surface area contributed by atoms with E-state index >= 15 is 0 Å². The van der Waals surface area contributed by atoms with Crippen LogP contribution in [0.2, 0.25) is 0 Å². The van der Waals surface area contributed by atoms with Gasteiger partial charge >= 0.3 is 0 Å². The molecule has 0 spiro atoms. The molecule has 0 radical (unpaired) electrons. The molecule has 2 rings (SSSR count). The molecule has 1 aromatic carbocycles. The summed E-state index contributed by atoms with van der Waals surface area (Å²) < 4.78 is 0. The number of nitrogens with one attached hydrogen (secondary N) is 1. The van der Waals surface area contributed by atoms with Gasteiger partial charge in [-0.15, -0.1) is 0 Å². The second-order valence-corrected chi connectivity index (χ2v) is 4.17. The number of hydrogen-bond donors (Lipinski definition) is 1. The second kappa shape index (κ2) is 4.41. The number of para-hydroxylation sites is 1. The first-order valence-corrected chi connectivity index (χ1v) is 5.45. The van der Waals surface area contributed by atoms with Crippen LogP contribution in [-0.4, -0.2) is 4.92 Å². The van der Waals surface area contributed by atoms with Crippen LogP contribution in [0.4, 0.5) is 5.69 Å². The Balaban J connectivity index is 2.47. The largest absolute Gasteiger partial charge is 0.363 e. The van der Waals surface area contributed by atoms with Crippen LogP contribution in [0, 0.1) is 10.1 Å². The zero-order valence-electron chi connectivity index (χ0n) is 9.81. The minimum atomic E-state index is -0.330. The molecule has 0 saturated carbocycles. The van der Waals surface area contributed by atoms with E-state index in [0.29, 0.717) is 0 Å². The summed E-state index contributed by atoms with van der Waals surface area (Å²) in [6, 6.07) is 6.87. The SMILES string of the molecule is CC1=CC(c2ccccc2[N+](=O)[O-])C=C(C)N1. The summed E-state index contributed by atoms with van der Waals surface area (Å²) in [5.74, 6) is -0.0298. The van der Waals surface area contributed by atoms with Gasteiger partial charge in [0.05, 0.1) is 4.92 Å². The smallest absolute Gasteiger partial charge is 0.273 e. The summed E-state index contributed by atoms with van der Waals surface area (Å²) >= 11 is 0. The molecule has 17 heavy (non-hydrogen) atoms. The van der Waals surface area contributed by atoms with Gasteiger partial charge in [0.2, 0.25) is 0 Å². The highest BCUT2D eigenvalue weighted by atomic mass is 16.6. The van der Waals surface area contributed by atoms with Crippen LogP contribution in [-0.2, 0) is 0 Å². The van der Waals surface area contributed by atoms with Gasteiger partial charge in [0.1, 0.15) is 0 Å². The van der Waals surface area contributed by atoms with Gasteiger partial charge in [-0.1, -0.05) is 30.4 Å². The van der Waals surface area contributed by atoms with Crippen molar-refractivity contribution in [3.05, 3.63) is 63.5 Å². The lowest BCUT2D eigenvalue weighted by atomic mass is 9.93. The number of dihydropyridines is 1. The number of nitrogens with zero attached hydrogens (tertiary/aromatic N) is 1. The van der Waals surface area contributed by atoms with Crippen LogP contribution in [0.1, 0.15) is 25.3 Å². The molecule has 1 aliphatic rings. The third kappa shape index (κ3) is 2.36. The Hall–Kier alpha value is -2.10. The summed E-state index contributed by atoms with van der Waals surface area (Å²) in [7, 11) is 0. The Morgan fingerprint density at radius 2 is 1.76 bits per heavy atom. The quantitative estimate of drug-likeness (QED) is 0.627. The Morgan fingerprint density at radius 1 is 1.18 bits per heavy atom. The van der Waals surface area contributed by atoms with Crippen molar-refractivity contribution in [3.63, 3.8) is 0 Å². The van der Waals surface area contributed by atoms with Gasteiger partial charge in [-0.3, -0.25) is 10.1 Å². The fourth-order valence-electron chi connectivity index (χ4n) is 2.10. The number of benzene rings is 1. The maximum Gasteiger partial charge on any atom is 0.273 e. The highest BCUT2D eigenvalue weighted by molar-refractivity contribution is 5.47. The average Bonchev–Trinajstić information content (AvgIpc) is 2.27. The standard InChI is InChI=1S/C13H14N2O2/c1-9-7-11(8-10(2)14-9)12-5-3-4-6-13(12)15(16)17/h3-8,11,14H,1-2H3. The van der Waals surface area contributed by atoms with Crippen LogP contribution in [0.5, 0.6) is 0 Å². The molecule has 0 unspecified atom stereocenters. The third-order valence-electron chi connectivity index (χ3n) is 2.75. The van der Waals surface area contributed by atoms with Crippen LogP contribution >= 0.6 is 0 Å². The molecule has 0 aliphatic carbocycles. The van der Waals surface area contributed by atoms with Crippen molar-refractivity contribution in [1.29, 1.82) is 0 Å². The van der Waals surface area contributed by atoms with Gasteiger partial charge < -0.3 is 5.32 Å². The second-order valence-electron chi connectivity index (χ2n) is 4.17. The average molecular weight is 230 g/mol. The predicted molar refractivity (Wildman–Crippen MR) is 66.5 cm³/mol. The van der Waals surface area contributed by atoms with Gasteiger partial charge in [-0.05, 0) is 13.8 Å². The summed E-state index contributed by atoms with van der Waals surface area (Å²) in [5, 5.41) is 14.2. The third-order valence-corrected chi connectivity index (χ3v) is 2.75. The molecule has 0 aromatic heterocycles. The first-order valence-electron chi connectivity index (χ1n) is 5.45. The van der Waals surface area contributed by atoms with E-state index in [1.807, 2.05) is 38.1 Å². The highest BCUT2D eigenvalue weighted by Gasteiger charge is 2.20. The predicted octanol–water partition coefficient (Wildman–Crippen LogP) is 3.09. The minimum Gasteiger partial charge on any atom is -0.363 e. The molecule has 1 heterocycles. The Bertz CT molecular complexity index is 500. The van der Waals surface area contributed by atoms with Crippen LogP contribution < -0.4 is 5.32 Å². The molecule has 0 fully saturated rings. The van der Waals surface area contributed by atoms with Crippen molar-refractivity contribution in [1.82, 2.24) is 5.32 Å². The fourth-order valence-corrected chi connectivity index (χ4v) is 2.10. The van der Waals surface area contributed by atoms with E-state index in [1.54, 1.807) is 12.1 Å². The van der Waals surface area contributed by atoms with Gasteiger partial charge in [0, 0.05) is 28.9 Å². The number of hydrogen-bond acceptors (Lipinski definition) is 3. The molecule has 0 saturated heterocycles. The molecular weight excluding hydrogens is 216 g/mol. The van der Waals surface area contributed by atoms with Crippen molar-refractivity contribution < 1.29 is 4.92 Å². The summed E-state index contributed by atoms with van der Waals surface area (Å²) in [4.78, 5) is 10.6. The number of nitro benzene ring substituents is 1. The van der Waals surface area contributed by atoms with Crippen molar-refractivity contribution in [2.45, 2.75) is 19.8 Å². The van der Waals surface area contributed by atoms with Crippen LogP contribution in [0.3, 0.4) is 0 Å². The molecule has 0 bridgehead atoms. The first kappa shape index (κ1) is 11.4. The zero-order valence-corrected chi connectivity index (χ0v) is 9.81. The Morgan fingerprint density at radius 3 is 2.35 bits per heavy atom. The number of nitro groups is 1. The molecule has 88 valence electrons. The summed E-state index contributed by atoms with van der Waals surface area (Å²) in [6.45, 7) is 3.91. The molecule has 1 aliphatic heterocycles. The van der Waals surface area contributed by atoms with Crippen molar-refractivity contribution in [2.75, 3.05) is 0 Å². The maximum atomic E-state index is 11.0. The van der Waals surface area contributed by atoms with Crippen molar-refractivity contribution in [3.8, 4) is 0 Å². The summed E-state index contributed by atoms with van der Waals surface area (Å²) in [6.07, 6.45) is 3.99. The van der Waals surface area contributed by atoms with E-state index in [2.05, 4.69) is 5.32 Å². The first-order chi connectivity index (χ1) is 8.08. The van der Waals surface area contributed by atoms with Crippen LogP contribution in [0.25, 0.3) is 0 Å². The molecule has 0 atom stereocenters. The van der Waals surface area contributed by atoms with Gasteiger partial charge in [-0.2, -0.15) is 0 Å². The van der Waals surface area contributed by atoms with E-state index in [1.165, 1.54) is 0 Å². The van der Waals surface area contributed by atoms with E-state index in [4.69, 9.17) is 0 Å². The van der Waals surface area contributed by atoms with E-state index < -0.39 is 0 Å². The molecule has 4 heteroatoms. The minimum absolute atomic E-state index is 0.0298. The lowest BCUT2D eigenvalue weighted by molar-refractivity contribution is -0.385. The highest BCUT2D eigenvalue weighted by Crippen LogP contribution is 2.31. The number of rotatable bonds is 2. The van der Waals surface area contributed by atoms with E-state index in [0.717, 1.165) is 17.0 Å². The molecule has 1 N–H and O–H groups in total. The van der Waals surface area contributed by atoms with E-state index in [-0.39, 0.29) is 16.5 Å². The van der Waals surface area contributed by atoms with Crippen molar-refractivity contribution >= 4 is 5.69 Å². The number of allylic oxidation sites excluding steroid dienone is 4. The molecular formula is C13H14N2O2. The monoisotopic (exact) mass is 230 g/mol. The van der Waals surface area contributed by atoms with Crippen molar-refractivity contribution in [2.24, 2.45) is 0 Å². The normalized spacial score (nSPS) is 15.9. The Kier molecular flexibility index (Phi) is 2.95. The maximum absolute atomic E-state index is 11.0. The van der Waals surface area contributed by atoms with E-state index in [9.17, 15) is 10.1 Å². The molecule has 4 nitrogen and oxygen atoms in total. The zero-order chi connectivity index (χ0) is 12.4. The van der Waals surface area contributed by atoms with Gasteiger partial charge in [-0.25, -0.2) is 0 Å². The molecule has 1 aromatic rings. The fraction of sp³-hybridized carbons (Fsp3) is 0.231. The molecule has 0 amide bonds. The Labute approximate surface area is 99.8 Å². The lowest BCUT2D eigenvalue weighted by Crippen LogP contribution is -2.15. The topological polar surface area (TPSA) is 55.2 Å².